The van der Waals surface area contributed by atoms with Gasteiger partial charge < -0.3 is 5.32 Å². The van der Waals surface area contributed by atoms with Gasteiger partial charge >= 0.3 is 0 Å². The molecule has 1 N–H and O–H groups in total. The van der Waals surface area contributed by atoms with Gasteiger partial charge in [0.05, 0.1) is 11.3 Å². The molecule has 0 unspecified atom stereocenters. The van der Waals surface area contributed by atoms with E-state index < -0.39 is 17.5 Å². The third kappa shape index (κ3) is 2.78. The Kier molecular flexibility index (Phi) is 3.60. The molecule has 0 saturated heterocycles. The lowest BCUT2D eigenvalue weighted by Crippen LogP contribution is -2.15. The minimum atomic E-state index is -0.661. The topological polar surface area (TPSA) is 29.1 Å². The first-order valence-corrected chi connectivity index (χ1v) is 5.81. The summed E-state index contributed by atoms with van der Waals surface area (Å²) in [4.78, 5) is 11.9. The van der Waals surface area contributed by atoms with Crippen molar-refractivity contribution in [2.45, 2.75) is 13.8 Å². The lowest BCUT2D eigenvalue weighted by molar-refractivity contribution is 0.102. The molecule has 2 nitrogen and oxygen atoms in total. The van der Waals surface area contributed by atoms with E-state index in [9.17, 15) is 13.6 Å². The van der Waals surface area contributed by atoms with E-state index in [-0.39, 0.29) is 11.3 Å². The molecule has 2 aromatic carbocycles. The number of hydrogen-bond acceptors (Lipinski definition) is 1. The number of nitrogens with one attached hydrogen (secondary N) is 1. The van der Waals surface area contributed by atoms with Gasteiger partial charge in [0.1, 0.15) is 11.6 Å². The van der Waals surface area contributed by atoms with Crippen LogP contribution in [0.1, 0.15) is 21.5 Å². The fraction of sp³-hybridized carbons (Fsp3) is 0.133. The molecule has 19 heavy (non-hydrogen) atoms. The molecule has 0 radical (unpaired) electrons. The highest BCUT2D eigenvalue weighted by molar-refractivity contribution is 6.04. The number of amides is 1. The largest absolute Gasteiger partial charge is 0.319 e. The molecule has 0 aliphatic rings. The first-order chi connectivity index (χ1) is 8.99. The van der Waals surface area contributed by atoms with E-state index in [1.165, 1.54) is 18.2 Å². The van der Waals surface area contributed by atoms with Gasteiger partial charge in [-0.05, 0) is 37.6 Å². The average Bonchev–Trinajstić information content (AvgIpc) is 2.38. The Morgan fingerprint density at radius 1 is 1.11 bits per heavy atom. The van der Waals surface area contributed by atoms with E-state index in [4.69, 9.17) is 0 Å². The van der Waals surface area contributed by atoms with Gasteiger partial charge in [0.15, 0.2) is 0 Å². The van der Waals surface area contributed by atoms with Crippen LogP contribution in [0.3, 0.4) is 0 Å². The zero-order valence-electron chi connectivity index (χ0n) is 10.6. The lowest BCUT2D eigenvalue weighted by atomic mass is 10.1. The molecular formula is C15H13F2NO. The molecule has 2 rings (SSSR count). The van der Waals surface area contributed by atoms with Crippen molar-refractivity contribution in [2.24, 2.45) is 0 Å². The monoisotopic (exact) mass is 261 g/mol. The SMILES string of the molecule is Cc1ccc(F)c(C(=O)Nc2cccc(C)c2F)c1. The quantitative estimate of drug-likeness (QED) is 0.874. The third-order valence-corrected chi connectivity index (χ3v) is 2.81. The van der Waals surface area contributed by atoms with Crippen molar-refractivity contribution in [3.05, 3.63) is 64.7 Å². The van der Waals surface area contributed by atoms with Crippen molar-refractivity contribution < 1.29 is 13.6 Å². The fourth-order valence-corrected chi connectivity index (χ4v) is 1.75. The lowest BCUT2D eigenvalue weighted by Gasteiger charge is -2.09. The molecule has 1 amide bonds. The van der Waals surface area contributed by atoms with E-state index in [1.807, 2.05) is 0 Å². The molecule has 4 heteroatoms. The molecule has 0 aromatic heterocycles. The van der Waals surface area contributed by atoms with Crippen LogP contribution >= 0.6 is 0 Å². The Balaban J connectivity index is 2.31. The summed E-state index contributed by atoms with van der Waals surface area (Å²) in [5, 5.41) is 2.38. The smallest absolute Gasteiger partial charge is 0.258 e. The molecule has 98 valence electrons. The number of rotatable bonds is 2. The minimum absolute atomic E-state index is 0.0471. The number of carbonyl (C=O) groups excluding carboxylic acids is 1. The summed E-state index contributed by atoms with van der Waals surface area (Å²) in [6, 6.07) is 8.88. The molecule has 0 bridgehead atoms. The summed E-state index contributed by atoms with van der Waals surface area (Å²) >= 11 is 0. The molecule has 2 aromatic rings. The Morgan fingerprint density at radius 2 is 1.84 bits per heavy atom. The minimum Gasteiger partial charge on any atom is -0.319 e. The zero-order chi connectivity index (χ0) is 14.0. The van der Waals surface area contributed by atoms with Crippen molar-refractivity contribution in [3.63, 3.8) is 0 Å². The van der Waals surface area contributed by atoms with Gasteiger partial charge in [-0.25, -0.2) is 8.78 Å². The van der Waals surface area contributed by atoms with Crippen LogP contribution in [-0.4, -0.2) is 5.91 Å². The number of halogens is 2. The van der Waals surface area contributed by atoms with Crippen molar-refractivity contribution in [1.29, 1.82) is 0 Å². The van der Waals surface area contributed by atoms with Crippen molar-refractivity contribution in [2.75, 3.05) is 5.32 Å². The number of benzene rings is 2. The number of aryl methyl sites for hydroxylation is 2. The van der Waals surface area contributed by atoms with Gasteiger partial charge in [0, 0.05) is 0 Å². The van der Waals surface area contributed by atoms with E-state index >= 15 is 0 Å². The van der Waals surface area contributed by atoms with Crippen LogP contribution in [0.5, 0.6) is 0 Å². The standard InChI is InChI=1S/C15H13F2NO/c1-9-6-7-12(16)11(8-9)15(19)18-13-5-3-4-10(2)14(13)17/h3-8H,1-2H3,(H,18,19). The predicted octanol–water partition coefficient (Wildman–Crippen LogP) is 3.83. The molecular weight excluding hydrogens is 248 g/mol. The molecule has 0 fully saturated rings. The van der Waals surface area contributed by atoms with Gasteiger partial charge in [-0.3, -0.25) is 4.79 Å². The van der Waals surface area contributed by atoms with Crippen molar-refractivity contribution in [1.82, 2.24) is 0 Å². The molecule has 0 saturated carbocycles. The van der Waals surface area contributed by atoms with Crippen LogP contribution in [0.25, 0.3) is 0 Å². The second-order valence-corrected chi connectivity index (χ2v) is 4.37. The van der Waals surface area contributed by atoms with Gasteiger partial charge in [-0.1, -0.05) is 23.8 Å². The van der Waals surface area contributed by atoms with Crippen molar-refractivity contribution in [3.8, 4) is 0 Å². The second-order valence-electron chi connectivity index (χ2n) is 4.37. The van der Waals surface area contributed by atoms with Gasteiger partial charge in [-0.15, -0.1) is 0 Å². The van der Waals surface area contributed by atoms with Crippen LogP contribution in [0.2, 0.25) is 0 Å². The Labute approximate surface area is 110 Å². The highest BCUT2D eigenvalue weighted by Crippen LogP contribution is 2.19. The molecule has 0 aliphatic heterocycles. The summed E-state index contributed by atoms with van der Waals surface area (Å²) in [7, 11) is 0. The summed E-state index contributed by atoms with van der Waals surface area (Å²) in [5.74, 6) is -1.80. The van der Waals surface area contributed by atoms with Gasteiger partial charge in [0.25, 0.3) is 5.91 Å². The van der Waals surface area contributed by atoms with Gasteiger partial charge in [0.2, 0.25) is 0 Å². The Hall–Kier alpha value is -2.23. The highest BCUT2D eigenvalue weighted by Gasteiger charge is 2.14. The predicted molar refractivity (Wildman–Crippen MR) is 70.2 cm³/mol. The van der Waals surface area contributed by atoms with E-state index in [1.54, 1.807) is 32.0 Å². The van der Waals surface area contributed by atoms with Crippen molar-refractivity contribution >= 4 is 11.6 Å². The molecule has 0 spiro atoms. The summed E-state index contributed by atoms with van der Waals surface area (Å²) < 4.78 is 27.3. The van der Waals surface area contributed by atoms with E-state index in [2.05, 4.69) is 5.32 Å². The average molecular weight is 261 g/mol. The first kappa shape index (κ1) is 13.2. The van der Waals surface area contributed by atoms with Crippen LogP contribution in [-0.2, 0) is 0 Å². The second kappa shape index (κ2) is 5.18. The summed E-state index contributed by atoms with van der Waals surface area (Å²) in [6.45, 7) is 3.35. The van der Waals surface area contributed by atoms with Crippen LogP contribution in [0.15, 0.2) is 36.4 Å². The molecule has 0 atom stereocenters. The summed E-state index contributed by atoms with van der Waals surface area (Å²) in [6.07, 6.45) is 0. The number of carbonyl (C=O) groups is 1. The first-order valence-electron chi connectivity index (χ1n) is 5.81. The normalized spacial score (nSPS) is 10.3. The van der Waals surface area contributed by atoms with E-state index in [0.29, 0.717) is 5.56 Å². The van der Waals surface area contributed by atoms with Crippen LogP contribution < -0.4 is 5.32 Å². The maximum atomic E-state index is 13.7. The summed E-state index contributed by atoms with van der Waals surface area (Å²) in [5.41, 5.74) is 1.13. The van der Waals surface area contributed by atoms with Gasteiger partial charge in [-0.2, -0.15) is 0 Å². The number of hydrogen-bond donors (Lipinski definition) is 1. The fourth-order valence-electron chi connectivity index (χ4n) is 1.75. The Bertz CT molecular complexity index is 638. The Morgan fingerprint density at radius 3 is 2.58 bits per heavy atom. The maximum absolute atomic E-state index is 13.7. The van der Waals surface area contributed by atoms with Crippen LogP contribution in [0, 0.1) is 25.5 Å². The molecule has 0 heterocycles. The zero-order valence-corrected chi connectivity index (χ0v) is 10.6. The maximum Gasteiger partial charge on any atom is 0.258 e. The molecule has 0 aliphatic carbocycles. The number of anilines is 1. The van der Waals surface area contributed by atoms with Crippen LogP contribution in [0.4, 0.5) is 14.5 Å². The van der Waals surface area contributed by atoms with E-state index in [0.717, 1.165) is 5.56 Å². The highest BCUT2D eigenvalue weighted by atomic mass is 19.1. The third-order valence-electron chi connectivity index (χ3n) is 2.81.